The molecule has 0 unspecified atom stereocenters. The van der Waals surface area contributed by atoms with E-state index in [1.54, 1.807) is 18.2 Å². The van der Waals surface area contributed by atoms with Gasteiger partial charge in [-0.1, -0.05) is 59.6 Å². The normalized spacial score (nSPS) is 15.9. The molecule has 1 saturated heterocycles. The van der Waals surface area contributed by atoms with Crippen molar-refractivity contribution < 1.29 is 13.2 Å². The number of piperidine rings is 1. The Morgan fingerprint density at radius 2 is 1.76 bits per heavy atom. The molecular formula is C21H24Cl2N2O3S. The number of hydrogen-bond donors (Lipinski definition) is 1. The molecule has 2 aromatic carbocycles. The Kier molecular flexibility index (Phi) is 7.57. The number of halogens is 2. The fourth-order valence-electron chi connectivity index (χ4n) is 3.44. The summed E-state index contributed by atoms with van der Waals surface area (Å²) in [4.78, 5) is 12.4. The number of sulfonamides is 1. The van der Waals surface area contributed by atoms with Gasteiger partial charge in [-0.2, -0.15) is 0 Å². The smallest absolute Gasteiger partial charge is 0.223 e. The molecule has 8 heteroatoms. The van der Waals surface area contributed by atoms with Crippen molar-refractivity contribution in [3.63, 3.8) is 0 Å². The van der Waals surface area contributed by atoms with Crippen molar-refractivity contribution >= 4 is 39.1 Å². The van der Waals surface area contributed by atoms with Crippen molar-refractivity contribution in [3.05, 3.63) is 69.7 Å². The van der Waals surface area contributed by atoms with Gasteiger partial charge in [-0.3, -0.25) is 4.79 Å². The second-order valence-electron chi connectivity index (χ2n) is 7.19. The molecule has 0 radical (unpaired) electrons. The van der Waals surface area contributed by atoms with E-state index in [0.717, 1.165) is 6.42 Å². The third kappa shape index (κ3) is 6.19. The van der Waals surface area contributed by atoms with Gasteiger partial charge in [-0.25, -0.2) is 12.7 Å². The van der Waals surface area contributed by atoms with Crippen LogP contribution in [0.2, 0.25) is 10.0 Å². The zero-order chi connectivity index (χ0) is 20.9. The van der Waals surface area contributed by atoms with E-state index in [4.69, 9.17) is 23.2 Å². The lowest BCUT2D eigenvalue weighted by atomic mass is 9.97. The predicted molar refractivity (Wildman–Crippen MR) is 117 cm³/mol. The van der Waals surface area contributed by atoms with Crippen LogP contribution in [-0.4, -0.2) is 38.3 Å². The number of hydrogen-bond acceptors (Lipinski definition) is 3. The zero-order valence-electron chi connectivity index (χ0n) is 16.0. The van der Waals surface area contributed by atoms with E-state index in [2.05, 4.69) is 5.32 Å². The lowest BCUT2D eigenvalue weighted by Crippen LogP contribution is -2.43. The fraction of sp³-hybridized carbons (Fsp3) is 0.381. The first-order valence-corrected chi connectivity index (χ1v) is 11.9. The Morgan fingerprint density at radius 3 is 2.41 bits per heavy atom. The summed E-state index contributed by atoms with van der Waals surface area (Å²) >= 11 is 12.0. The van der Waals surface area contributed by atoms with E-state index in [9.17, 15) is 13.2 Å². The summed E-state index contributed by atoms with van der Waals surface area (Å²) < 4.78 is 26.9. The fourth-order valence-corrected chi connectivity index (χ4v) is 5.59. The molecule has 156 valence electrons. The van der Waals surface area contributed by atoms with Crippen molar-refractivity contribution in [2.45, 2.75) is 25.0 Å². The topological polar surface area (TPSA) is 66.5 Å². The molecule has 2 aromatic rings. The van der Waals surface area contributed by atoms with Crippen molar-refractivity contribution in [2.24, 2.45) is 5.92 Å². The minimum Gasteiger partial charge on any atom is -0.356 e. The average Bonchev–Trinajstić information content (AvgIpc) is 2.71. The van der Waals surface area contributed by atoms with Gasteiger partial charge in [0.05, 0.1) is 5.75 Å². The van der Waals surface area contributed by atoms with Crippen LogP contribution in [0.1, 0.15) is 24.0 Å². The van der Waals surface area contributed by atoms with Gasteiger partial charge in [0.1, 0.15) is 0 Å². The summed E-state index contributed by atoms with van der Waals surface area (Å²) in [7, 11) is -3.50. The number of benzene rings is 2. The number of amides is 1. The highest BCUT2D eigenvalue weighted by Crippen LogP contribution is 2.26. The number of nitrogens with zero attached hydrogens (tertiary/aromatic N) is 1. The summed E-state index contributed by atoms with van der Waals surface area (Å²) in [6.07, 6.45) is 1.82. The van der Waals surface area contributed by atoms with Crippen LogP contribution in [0.5, 0.6) is 0 Å². The molecule has 0 aromatic heterocycles. The molecule has 29 heavy (non-hydrogen) atoms. The molecule has 0 spiro atoms. The van der Waals surface area contributed by atoms with E-state index in [1.807, 2.05) is 30.3 Å². The molecule has 3 rings (SSSR count). The highest BCUT2D eigenvalue weighted by molar-refractivity contribution is 7.88. The molecule has 1 aliphatic rings. The van der Waals surface area contributed by atoms with Crippen molar-refractivity contribution in [2.75, 3.05) is 19.6 Å². The third-order valence-electron chi connectivity index (χ3n) is 5.13. The first-order chi connectivity index (χ1) is 13.8. The van der Waals surface area contributed by atoms with Crippen LogP contribution in [0.25, 0.3) is 0 Å². The van der Waals surface area contributed by atoms with Gasteiger partial charge in [-0.05, 0) is 42.5 Å². The molecule has 5 nitrogen and oxygen atoms in total. The predicted octanol–water partition coefficient (Wildman–Crippen LogP) is 3.89. The highest BCUT2D eigenvalue weighted by Gasteiger charge is 2.31. The van der Waals surface area contributed by atoms with Crippen LogP contribution in [-0.2, 0) is 27.0 Å². The summed E-state index contributed by atoms with van der Waals surface area (Å²) in [5.74, 6) is -0.327. The van der Waals surface area contributed by atoms with Gasteiger partial charge >= 0.3 is 0 Å². The maximum absolute atomic E-state index is 12.7. The Bertz CT molecular complexity index is 944. The molecule has 0 saturated carbocycles. The van der Waals surface area contributed by atoms with Crippen LogP contribution in [0.4, 0.5) is 0 Å². The molecule has 1 aliphatic heterocycles. The maximum Gasteiger partial charge on any atom is 0.223 e. The van der Waals surface area contributed by atoms with E-state index in [1.165, 1.54) is 9.87 Å². The molecule has 1 fully saturated rings. The van der Waals surface area contributed by atoms with Crippen LogP contribution in [0, 0.1) is 5.92 Å². The minimum absolute atomic E-state index is 0.00118. The first-order valence-electron chi connectivity index (χ1n) is 9.58. The molecule has 0 aliphatic carbocycles. The summed E-state index contributed by atoms with van der Waals surface area (Å²) in [6.45, 7) is 1.26. The summed E-state index contributed by atoms with van der Waals surface area (Å²) in [5, 5.41) is 3.78. The summed E-state index contributed by atoms with van der Waals surface area (Å²) in [6, 6.07) is 14.8. The van der Waals surface area contributed by atoms with Crippen LogP contribution in [0.15, 0.2) is 48.5 Å². The molecule has 0 bridgehead atoms. The van der Waals surface area contributed by atoms with Crippen LogP contribution in [0.3, 0.4) is 0 Å². The molecular weight excluding hydrogens is 431 g/mol. The number of rotatable bonds is 7. The molecule has 1 N–H and O–H groups in total. The number of carbonyl (C=O) groups excluding carboxylic acids is 1. The van der Waals surface area contributed by atoms with Gasteiger partial charge in [-0.15, -0.1) is 0 Å². The monoisotopic (exact) mass is 454 g/mol. The van der Waals surface area contributed by atoms with Gasteiger partial charge < -0.3 is 5.32 Å². The third-order valence-corrected chi connectivity index (χ3v) is 7.54. The summed E-state index contributed by atoms with van der Waals surface area (Å²) in [5.41, 5.74) is 1.70. The standard InChI is InChI=1S/C21H24Cl2N2O3S/c22-19-7-6-18(20(23)14-19)15-29(27,28)25-12-9-17(10-13-25)21(26)24-11-8-16-4-2-1-3-5-16/h1-7,14,17H,8-13,15H2,(H,24,26). The average molecular weight is 455 g/mol. The SMILES string of the molecule is O=C(NCCc1ccccc1)C1CCN(S(=O)(=O)Cc2ccc(Cl)cc2Cl)CC1. The van der Waals surface area contributed by atoms with Crippen molar-refractivity contribution in [1.82, 2.24) is 9.62 Å². The van der Waals surface area contributed by atoms with Crippen molar-refractivity contribution in [1.29, 1.82) is 0 Å². The van der Waals surface area contributed by atoms with E-state index in [-0.39, 0.29) is 17.6 Å². The van der Waals surface area contributed by atoms with E-state index in [0.29, 0.717) is 48.1 Å². The Labute approximate surface area is 182 Å². The number of carbonyl (C=O) groups is 1. The van der Waals surface area contributed by atoms with Crippen LogP contribution >= 0.6 is 23.2 Å². The second kappa shape index (κ2) is 9.94. The van der Waals surface area contributed by atoms with Gasteiger partial charge in [0, 0.05) is 35.6 Å². The molecule has 1 heterocycles. The van der Waals surface area contributed by atoms with Crippen molar-refractivity contribution in [3.8, 4) is 0 Å². The Hall–Kier alpha value is -1.60. The van der Waals surface area contributed by atoms with Gasteiger partial charge in [0.15, 0.2) is 0 Å². The van der Waals surface area contributed by atoms with E-state index >= 15 is 0 Å². The highest BCUT2D eigenvalue weighted by atomic mass is 35.5. The minimum atomic E-state index is -3.50. The second-order valence-corrected chi connectivity index (χ2v) is 10.0. The number of nitrogens with one attached hydrogen (secondary N) is 1. The largest absolute Gasteiger partial charge is 0.356 e. The van der Waals surface area contributed by atoms with Gasteiger partial charge in [0.2, 0.25) is 15.9 Å². The van der Waals surface area contributed by atoms with Crippen LogP contribution < -0.4 is 5.32 Å². The maximum atomic E-state index is 12.7. The molecule has 1 amide bonds. The Morgan fingerprint density at radius 1 is 1.07 bits per heavy atom. The lowest BCUT2D eigenvalue weighted by molar-refractivity contribution is -0.126. The molecule has 0 atom stereocenters. The van der Waals surface area contributed by atoms with Gasteiger partial charge in [0.25, 0.3) is 0 Å². The lowest BCUT2D eigenvalue weighted by Gasteiger charge is -2.30. The van der Waals surface area contributed by atoms with E-state index < -0.39 is 10.0 Å². The zero-order valence-corrected chi connectivity index (χ0v) is 18.3. The quantitative estimate of drug-likeness (QED) is 0.689. The Balaban J connectivity index is 1.48. The first kappa shape index (κ1) is 22.1.